The highest BCUT2D eigenvalue weighted by molar-refractivity contribution is 5.78. The average Bonchev–Trinajstić information content (AvgIpc) is 2.60. The molecule has 0 saturated carbocycles. The fourth-order valence-corrected chi connectivity index (χ4v) is 1.48. The van der Waals surface area contributed by atoms with E-state index in [1.807, 2.05) is 0 Å². The molecule has 1 saturated heterocycles. The second-order valence-corrected chi connectivity index (χ2v) is 4.91. The maximum atomic E-state index is 11.4. The van der Waals surface area contributed by atoms with Crippen molar-refractivity contribution in [3.63, 3.8) is 0 Å². The number of carbonyl (C=O) groups is 1. The monoisotopic (exact) mass is 214 g/mol. The van der Waals surface area contributed by atoms with Gasteiger partial charge in [-0.15, -0.1) is 0 Å². The molecule has 0 radical (unpaired) electrons. The van der Waals surface area contributed by atoms with Gasteiger partial charge in [0, 0.05) is 18.7 Å². The first-order chi connectivity index (χ1) is 7.02. The third-order valence-corrected chi connectivity index (χ3v) is 2.60. The van der Waals surface area contributed by atoms with Gasteiger partial charge in [0.25, 0.3) is 0 Å². The topological polar surface area (TPSA) is 50.4 Å². The number of hydrogen-bond donors (Lipinski definition) is 2. The van der Waals surface area contributed by atoms with Crippen LogP contribution in [0.3, 0.4) is 0 Å². The largest absolute Gasteiger partial charge is 0.379 e. The van der Waals surface area contributed by atoms with Crippen LogP contribution < -0.4 is 10.6 Å². The molecule has 2 N–H and O–H groups in total. The standard InChI is InChI=1S/C11H22N2O2/c1-9(2)6-12-10(14)7-13-11(3)4-5-15-8-11/h9,13H,4-8H2,1-3H3,(H,12,14). The summed E-state index contributed by atoms with van der Waals surface area (Å²) in [6, 6.07) is 0. The minimum atomic E-state index is -0.0187. The van der Waals surface area contributed by atoms with Crippen LogP contribution in [-0.2, 0) is 9.53 Å². The summed E-state index contributed by atoms with van der Waals surface area (Å²) in [4.78, 5) is 11.4. The summed E-state index contributed by atoms with van der Waals surface area (Å²) in [5.74, 6) is 0.566. The molecule has 1 fully saturated rings. The predicted octanol–water partition coefficient (Wildman–Crippen LogP) is 0.527. The van der Waals surface area contributed by atoms with E-state index in [-0.39, 0.29) is 11.4 Å². The van der Waals surface area contributed by atoms with E-state index >= 15 is 0 Å². The van der Waals surface area contributed by atoms with E-state index in [0.29, 0.717) is 19.1 Å². The summed E-state index contributed by atoms with van der Waals surface area (Å²) in [5.41, 5.74) is -0.0187. The molecule has 15 heavy (non-hydrogen) atoms. The van der Waals surface area contributed by atoms with Crippen LogP contribution in [-0.4, -0.2) is 37.7 Å². The molecule has 4 nitrogen and oxygen atoms in total. The Hall–Kier alpha value is -0.610. The fraction of sp³-hybridized carbons (Fsp3) is 0.909. The molecule has 1 atom stereocenters. The lowest BCUT2D eigenvalue weighted by Gasteiger charge is -2.23. The van der Waals surface area contributed by atoms with Gasteiger partial charge in [0.2, 0.25) is 5.91 Å². The Morgan fingerprint density at radius 2 is 2.27 bits per heavy atom. The first-order valence-corrected chi connectivity index (χ1v) is 5.61. The van der Waals surface area contributed by atoms with E-state index in [1.54, 1.807) is 0 Å². The molecule has 1 unspecified atom stereocenters. The van der Waals surface area contributed by atoms with Crippen LogP contribution in [0.2, 0.25) is 0 Å². The predicted molar refractivity (Wildman–Crippen MR) is 59.7 cm³/mol. The van der Waals surface area contributed by atoms with E-state index in [9.17, 15) is 4.79 Å². The highest BCUT2D eigenvalue weighted by Crippen LogP contribution is 2.16. The first-order valence-electron chi connectivity index (χ1n) is 5.61. The minimum Gasteiger partial charge on any atom is -0.379 e. The van der Waals surface area contributed by atoms with Crippen molar-refractivity contribution in [2.45, 2.75) is 32.7 Å². The number of rotatable bonds is 5. The summed E-state index contributed by atoms with van der Waals surface area (Å²) in [5, 5.41) is 6.13. The molecule has 1 aliphatic rings. The Kier molecular flexibility index (Phi) is 4.54. The zero-order valence-corrected chi connectivity index (χ0v) is 9.93. The van der Waals surface area contributed by atoms with Crippen molar-refractivity contribution in [1.29, 1.82) is 0 Å². The molecule has 4 heteroatoms. The maximum Gasteiger partial charge on any atom is 0.233 e. The zero-order chi connectivity index (χ0) is 11.3. The average molecular weight is 214 g/mol. The van der Waals surface area contributed by atoms with Gasteiger partial charge in [0.15, 0.2) is 0 Å². The highest BCUT2D eigenvalue weighted by Gasteiger charge is 2.29. The lowest BCUT2D eigenvalue weighted by Crippen LogP contribution is -2.48. The number of carbonyl (C=O) groups excluding carboxylic acids is 1. The van der Waals surface area contributed by atoms with E-state index in [0.717, 1.165) is 19.6 Å². The summed E-state index contributed by atoms with van der Waals surface area (Å²) in [6.07, 6.45) is 0.977. The van der Waals surface area contributed by atoms with Crippen molar-refractivity contribution in [2.75, 3.05) is 26.3 Å². The maximum absolute atomic E-state index is 11.4. The molecule has 1 rings (SSSR count). The van der Waals surface area contributed by atoms with Gasteiger partial charge in [0.05, 0.1) is 13.2 Å². The van der Waals surface area contributed by atoms with Gasteiger partial charge in [-0.05, 0) is 19.3 Å². The number of amides is 1. The number of hydrogen-bond acceptors (Lipinski definition) is 3. The lowest BCUT2D eigenvalue weighted by atomic mass is 10.0. The molecule has 1 aliphatic heterocycles. The van der Waals surface area contributed by atoms with E-state index in [4.69, 9.17) is 4.74 Å². The second-order valence-electron chi connectivity index (χ2n) is 4.91. The van der Waals surface area contributed by atoms with Crippen LogP contribution in [0.25, 0.3) is 0 Å². The zero-order valence-electron chi connectivity index (χ0n) is 9.93. The van der Waals surface area contributed by atoms with Crippen LogP contribution in [0, 0.1) is 5.92 Å². The molecule has 0 aliphatic carbocycles. The Morgan fingerprint density at radius 3 is 2.80 bits per heavy atom. The SMILES string of the molecule is CC(C)CNC(=O)CNC1(C)CCOC1. The molecule has 0 aromatic carbocycles. The van der Waals surface area contributed by atoms with Gasteiger partial charge in [-0.1, -0.05) is 13.8 Å². The molecule has 0 spiro atoms. The van der Waals surface area contributed by atoms with Crippen LogP contribution >= 0.6 is 0 Å². The summed E-state index contributed by atoms with van der Waals surface area (Å²) in [7, 11) is 0. The molecule has 1 heterocycles. The quantitative estimate of drug-likeness (QED) is 0.702. The van der Waals surface area contributed by atoms with Gasteiger partial charge in [-0.25, -0.2) is 0 Å². The van der Waals surface area contributed by atoms with Crippen LogP contribution in [0.5, 0.6) is 0 Å². The van der Waals surface area contributed by atoms with E-state index < -0.39 is 0 Å². The van der Waals surface area contributed by atoms with Crippen LogP contribution in [0.4, 0.5) is 0 Å². The van der Waals surface area contributed by atoms with E-state index in [2.05, 4.69) is 31.4 Å². The van der Waals surface area contributed by atoms with Gasteiger partial charge >= 0.3 is 0 Å². The van der Waals surface area contributed by atoms with Gasteiger partial charge < -0.3 is 15.4 Å². The molecule has 88 valence electrons. The molecule has 1 amide bonds. The Balaban J connectivity index is 2.16. The number of ether oxygens (including phenoxy) is 1. The Bertz CT molecular complexity index is 211. The van der Waals surface area contributed by atoms with Crippen molar-refractivity contribution >= 4 is 5.91 Å². The molecule has 0 bridgehead atoms. The summed E-state index contributed by atoms with van der Waals surface area (Å²) < 4.78 is 5.30. The van der Waals surface area contributed by atoms with Crippen LogP contribution in [0.15, 0.2) is 0 Å². The van der Waals surface area contributed by atoms with Gasteiger partial charge in [-0.3, -0.25) is 4.79 Å². The summed E-state index contributed by atoms with van der Waals surface area (Å²) >= 11 is 0. The van der Waals surface area contributed by atoms with Crippen LogP contribution in [0.1, 0.15) is 27.2 Å². The van der Waals surface area contributed by atoms with Crippen molar-refractivity contribution in [3.8, 4) is 0 Å². The molecule has 0 aromatic rings. The molecule has 0 aromatic heterocycles. The lowest BCUT2D eigenvalue weighted by molar-refractivity contribution is -0.120. The normalized spacial score (nSPS) is 25.9. The Labute approximate surface area is 91.8 Å². The Morgan fingerprint density at radius 1 is 1.53 bits per heavy atom. The smallest absolute Gasteiger partial charge is 0.233 e. The third-order valence-electron chi connectivity index (χ3n) is 2.60. The van der Waals surface area contributed by atoms with E-state index in [1.165, 1.54) is 0 Å². The second kappa shape index (κ2) is 5.47. The fourth-order valence-electron chi connectivity index (χ4n) is 1.48. The van der Waals surface area contributed by atoms with Crippen molar-refractivity contribution in [2.24, 2.45) is 5.92 Å². The van der Waals surface area contributed by atoms with Crippen molar-refractivity contribution in [1.82, 2.24) is 10.6 Å². The van der Waals surface area contributed by atoms with Gasteiger partial charge in [-0.2, -0.15) is 0 Å². The highest BCUT2D eigenvalue weighted by atomic mass is 16.5. The molecular formula is C11H22N2O2. The van der Waals surface area contributed by atoms with Crippen molar-refractivity contribution < 1.29 is 9.53 Å². The summed E-state index contributed by atoms with van der Waals surface area (Å²) in [6.45, 7) is 8.87. The minimum absolute atomic E-state index is 0.0187. The van der Waals surface area contributed by atoms with Crippen molar-refractivity contribution in [3.05, 3.63) is 0 Å². The molecular weight excluding hydrogens is 192 g/mol. The van der Waals surface area contributed by atoms with Gasteiger partial charge in [0.1, 0.15) is 0 Å². The number of nitrogens with one attached hydrogen (secondary N) is 2. The first kappa shape index (κ1) is 12.5. The third kappa shape index (κ3) is 4.62.